The van der Waals surface area contributed by atoms with E-state index in [0.29, 0.717) is 6.04 Å². The van der Waals surface area contributed by atoms with E-state index in [9.17, 15) is 0 Å². The van der Waals surface area contributed by atoms with Crippen LogP contribution in [0.2, 0.25) is 0 Å². The first-order valence-corrected chi connectivity index (χ1v) is 7.20. The summed E-state index contributed by atoms with van der Waals surface area (Å²) in [5, 5.41) is 3.54. The van der Waals surface area contributed by atoms with Crippen LogP contribution >= 0.6 is 15.9 Å². The van der Waals surface area contributed by atoms with E-state index in [2.05, 4.69) is 46.4 Å². The molecule has 3 N–H and O–H groups in total. The first kappa shape index (κ1) is 12.9. The van der Waals surface area contributed by atoms with Crippen LogP contribution < -0.4 is 11.1 Å². The van der Waals surface area contributed by atoms with Gasteiger partial charge in [-0.05, 0) is 72.2 Å². The summed E-state index contributed by atoms with van der Waals surface area (Å²) in [6.45, 7) is 3.17. The third-order valence-corrected chi connectivity index (χ3v) is 4.25. The lowest BCUT2D eigenvalue weighted by molar-refractivity contribution is 0.339. The van der Waals surface area contributed by atoms with Crippen molar-refractivity contribution >= 4 is 21.6 Å². The van der Waals surface area contributed by atoms with Crippen molar-refractivity contribution in [3.05, 3.63) is 28.2 Å². The van der Waals surface area contributed by atoms with Crippen molar-refractivity contribution in [2.75, 3.05) is 11.9 Å². The Balaban J connectivity index is 1.85. The predicted molar refractivity (Wildman–Crippen MR) is 77.3 cm³/mol. The van der Waals surface area contributed by atoms with Gasteiger partial charge in [0.15, 0.2) is 0 Å². The quantitative estimate of drug-likeness (QED) is 0.893. The molecule has 2 rings (SSSR count). The number of rotatable bonds is 3. The van der Waals surface area contributed by atoms with Gasteiger partial charge in [0.2, 0.25) is 0 Å². The lowest BCUT2D eigenvalue weighted by atomic mass is 9.86. The number of nitrogens with two attached hydrogens (primary N) is 1. The lowest BCUT2D eigenvalue weighted by Gasteiger charge is -2.26. The molecule has 94 valence electrons. The zero-order chi connectivity index (χ0) is 12.3. The van der Waals surface area contributed by atoms with Gasteiger partial charge < -0.3 is 11.1 Å². The first-order valence-electron chi connectivity index (χ1n) is 6.41. The van der Waals surface area contributed by atoms with E-state index in [1.165, 1.54) is 36.9 Å². The number of benzene rings is 1. The highest BCUT2D eigenvalue weighted by Crippen LogP contribution is 2.26. The molecule has 0 aromatic heterocycles. The second kappa shape index (κ2) is 5.87. The second-order valence-corrected chi connectivity index (χ2v) is 6.00. The minimum atomic E-state index is 0.442. The second-order valence-electron chi connectivity index (χ2n) is 5.15. The molecule has 17 heavy (non-hydrogen) atoms. The van der Waals surface area contributed by atoms with E-state index in [-0.39, 0.29) is 0 Å². The minimum Gasteiger partial charge on any atom is -0.384 e. The van der Waals surface area contributed by atoms with Crippen molar-refractivity contribution in [2.45, 2.75) is 38.6 Å². The summed E-state index contributed by atoms with van der Waals surface area (Å²) < 4.78 is 1.16. The molecule has 0 saturated heterocycles. The van der Waals surface area contributed by atoms with Gasteiger partial charge in [0, 0.05) is 22.7 Å². The molecule has 0 bridgehead atoms. The SMILES string of the molecule is Cc1ccc(NCC2CCC(N)CC2)c(Br)c1. The summed E-state index contributed by atoms with van der Waals surface area (Å²) in [6.07, 6.45) is 4.89. The Morgan fingerprint density at radius 1 is 1.29 bits per heavy atom. The minimum absolute atomic E-state index is 0.442. The molecule has 1 aromatic rings. The van der Waals surface area contributed by atoms with Crippen molar-refractivity contribution < 1.29 is 0 Å². The maximum atomic E-state index is 5.92. The topological polar surface area (TPSA) is 38.0 Å². The number of hydrogen-bond acceptors (Lipinski definition) is 2. The summed E-state index contributed by atoms with van der Waals surface area (Å²) in [7, 11) is 0. The number of hydrogen-bond donors (Lipinski definition) is 2. The molecule has 1 aliphatic rings. The highest BCUT2D eigenvalue weighted by Gasteiger charge is 2.18. The number of anilines is 1. The van der Waals surface area contributed by atoms with Crippen LogP contribution in [0.5, 0.6) is 0 Å². The molecule has 1 saturated carbocycles. The van der Waals surface area contributed by atoms with Crippen LogP contribution in [0.4, 0.5) is 5.69 Å². The third-order valence-electron chi connectivity index (χ3n) is 3.60. The Morgan fingerprint density at radius 2 is 2.00 bits per heavy atom. The molecule has 1 aromatic carbocycles. The molecular weight excluding hydrogens is 276 g/mol. The molecule has 0 aliphatic heterocycles. The van der Waals surface area contributed by atoms with Crippen molar-refractivity contribution in [2.24, 2.45) is 11.7 Å². The van der Waals surface area contributed by atoms with Crippen LogP contribution in [0.15, 0.2) is 22.7 Å². The Hall–Kier alpha value is -0.540. The van der Waals surface area contributed by atoms with Gasteiger partial charge >= 0.3 is 0 Å². The largest absolute Gasteiger partial charge is 0.384 e. The maximum absolute atomic E-state index is 5.92. The van der Waals surface area contributed by atoms with Crippen LogP contribution in [0.3, 0.4) is 0 Å². The number of nitrogens with one attached hydrogen (secondary N) is 1. The van der Waals surface area contributed by atoms with Crippen LogP contribution in [-0.4, -0.2) is 12.6 Å². The molecule has 0 unspecified atom stereocenters. The fourth-order valence-corrected chi connectivity index (χ4v) is 3.04. The fourth-order valence-electron chi connectivity index (χ4n) is 2.41. The molecule has 1 aliphatic carbocycles. The van der Waals surface area contributed by atoms with Gasteiger partial charge in [0.25, 0.3) is 0 Å². The summed E-state index contributed by atoms with van der Waals surface area (Å²) >= 11 is 3.60. The van der Waals surface area contributed by atoms with Crippen molar-refractivity contribution in [3.63, 3.8) is 0 Å². The average molecular weight is 297 g/mol. The van der Waals surface area contributed by atoms with Crippen molar-refractivity contribution in [1.82, 2.24) is 0 Å². The van der Waals surface area contributed by atoms with Gasteiger partial charge in [-0.2, -0.15) is 0 Å². The van der Waals surface area contributed by atoms with E-state index >= 15 is 0 Å². The monoisotopic (exact) mass is 296 g/mol. The summed E-state index contributed by atoms with van der Waals surface area (Å²) in [4.78, 5) is 0. The third kappa shape index (κ3) is 3.71. The Kier molecular flexibility index (Phi) is 4.46. The first-order chi connectivity index (χ1) is 8.15. The Morgan fingerprint density at radius 3 is 2.65 bits per heavy atom. The van der Waals surface area contributed by atoms with E-state index < -0.39 is 0 Å². The maximum Gasteiger partial charge on any atom is 0.0484 e. The zero-order valence-electron chi connectivity index (χ0n) is 10.4. The van der Waals surface area contributed by atoms with Crippen LogP contribution in [0.25, 0.3) is 0 Å². The van der Waals surface area contributed by atoms with E-state index in [0.717, 1.165) is 16.9 Å². The van der Waals surface area contributed by atoms with Gasteiger partial charge in [-0.15, -0.1) is 0 Å². The van der Waals surface area contributed by atoms with Gasteiger partial charge in [-0.1, -0.05) is 6.07 Å². The Labute approximate surface area is 112 Å². The molecular formula is C14H21BrN2. The predicted octanol–water partition coefficient (Wildman–Crippen LogP) is 3.69. The molecule has 2 nitrogen and oxygen atoms in total. The van der Waals surface area contributed by atoms with Crippen LogP contribution in [-0.2, 0) is 0 Å². The molecule has 1 fully saturated rings. The van der Waals surface area contributed by atoms with Crippen LogP contribution in [0, 0.1) is 12.8 Å². The lowest BCUT2D eigenvalue weighted by Crippen LogP contribution is -2.29. The standard InChI is InChI=1S/C14H21BrN2/c1-10-2-7-14(13(15)8-10)17-9-11-3-5-12(16)6-4-11/h2,7-8,11-12,17H,3-6,9,16H2,1H3. The zero-order valence-corrected chi connectivity index (χ0v) is 12.0. The van der Waals surface area contributed by atoms with E-state index in [1.54, 1.807) is 0 Å². The molecule has 0 amide bonds. The highest BCUT2D eigenvalue weighted by molar-refractivity contribution is 9.10. The highest BCUT2D eigenvalue weighted by atomic mass is 79.9. The van der Waals surface area contributed by atoms with Gasteiger partial charge in [0.05, 0.1) is 0 Å². The number of halogens is 1. The summed E-state index contributed by atoms with van der Waals surface area (Å²) in [5.74, 6) is 0.781. The summed E-state index contributed by atoms with van der Waals surface area (Å²) in [6, 6.07) is 6.88. The van der Waals surface area contributed by atoms with Crippen molar-refractivity contribution in [3.8, 4) is 0 Å². The smallest absolute Gasteiger partial charge is 0.0484 e. The summed E-state index contributed by atoms with van der Waals surface area (Å²) in [5.41, 5.74) is 8.40. The molecule has 3 heteroatoms. The molecule has 0 heterocycles. The van der Waals surface area contributed by atoms with E-state index in [4.69, 9.17) is 5.73 Å². The van der Waals surface area contributed by atoms with E-state index in [1.807, 2.05) is 0 Å². The fraction of sp³-hybridized carbons (Fsp3) is 0.571. The molecule has 0 spiro atoms. The van der Waals surface area contributed by atoms with Gasteiger partial charge in [0.1, 0.15) is 0 Å². The van der Waals surface area contributed by atoms with Gasteiger partial charge in [-0.3, -0.25) is 0 Å². The van der Waals surface area contributed by atoms with Crippen LogP contribution in [0.1, 0.15) is 31.2 Å². The van der Waals surface area contributed by atoms with Crippen molar-refractivity contribution in [1.29, 1.82) is 0 Å². The molecule has 0 radical (unpaired) electrons. The Bertz CT molecular complexity index is 370. The number of aryl methyl sites for hydroxylation is 1. The average Bonchev–Trinajstić information content (AvgIpc) is 2.30. The normalized spacial score (nSPS) is 24.6. The van der Waals surface area contributed by atoms with Gasteiger partial charge in [-0.25, -0.2) is 0 Å². The molecule has 0 atom stereocenters.